The van der Waals surface area contributed by atoms with Crippen molar-refractivity contribution in [2.45, 2.75) is 25.0 Å². The van der Waals surface area contributed by atoms with Crippen LogP contribution in [-0.4, -0.2) is 45.3 Å². The molecule has 4 rings (SSSR count). The molecule has 2 aromatic heterocycles. The maximum atomic E-state index is 11.8. The molecule has 4 N–H and O–H groups in total. The smallest absolute Gasteiger partial charge is 0.345 e. The highest BCUT2D eigenvalue weighted by Crippen LogP contribution is 2.29. The fourth-order valence-corrected chi connectivity index (χ4v) is 3.80. The Morgan fingerprint density at radius 2 is 1.94 bits per heavy atom. The molecule has 2 atom stereocenters. The second kappa shape index (κ2) is 10.8. The maximum Gasteiger partial charge on any atom is 0.345 e. The highest BCUT2D eigenvalue weighted by atomic mass is 16.5. The Morgan fingerprint density at radius 1 is 1.09 bits per heavy atom. The number of aliphatic hydroxyl groups is 1. The Hall–Kier alpha value is -3.68. The minimum absolute atomic E-state index is 0.281. The first-order valence-corrected chi connectivity index (χ1v) is 10.9. The van der Waals surface area contributed by atoms with Crippen molar-refractivity contribution in [1.29, 1.82) is 0 Å². The molecule has 0 saturated carbocycles. The number of benzene rings is 2. The van der Waals surface area contributed by atoms with E-state index in [4.69, 9.17) is 4.74 Å². The van der Waals surface area contributed by atoms with Crippen LogP contribution in [0, 0.1) is 0 Å². The fourth-order valence-electron chi connectivity index (χ4n) is 3.80. The Bertz CT molecular complexity index is 1180. The van der Waals surface area contributed by atoms with Crippen LogP contribution < -0.4 is 10.1 Å². The second-order valence-electron chi connectivity index (χ2n) is 7.88. The summed E-state index contributed by atoms with van der Waals surface area (Å²) >= 11 is 0. The summed E-state index contributed by atoms with van der Waals surface area (Å²) in [5.41, 5.74) is 3.56. The highest BCUT2D eigenvalue weighted by Gasteiger charge is 2.21. The fraction of sp³-hybridized carbons (Fsp3) is 0.231. The summed E-state index contributed by atoms with van der Waals surface area (Å²) in [6.45, 7) is 1.11. The number of hydrogen-bond acceptors (Lipinski definition) is 5. The van der Waals surface area contributed by atoms with Crippen molar-refractivity contribution in [3.63, 3.8) is 0 Å². The number of aromatic amines is 1. The van der Waals surface area contributed by atoms with Crippen LogP contribution in [0.25, 0.3) is 10.9 Å². The average molecular weight is 446 g/mol. The molecule has 0 aliphatic heterocycles. The van der Waals surface area contributed by atoms with E-state index in [1.54, 1.807) is 24.5 Å². The molecule has 2 heterocycles. The first-order valence-electron chi connectivity index (χ1n) is 10.9. The number of aliphatic carboxylic acids is 1. The number of pyridine rings is 1. The lowest BCUT2D eigenvalue weighted by Crippen LogP contribution is -2.29. The number of nitrogens with one attached hydrogen (secondary N) is 2. The van der Waals surface area contributed by atoms with E-state index in [1.165, 1.54) is 0 Å². The lowest BCUT2D eigenvalue weighted by molar-refractivity contribution is -0.144. The van der Waals surface area contributed by atoms with Gasteiger partial charge in [0, 0.05) is 42.5 Å². The van der Waals surface area contributed by atoms with Crippen LogP contribution in [0.3, 0.4) is 0 Å². The molecule has 0 aliphatic rings. The molecular formula is C26H27N3O4. The van der Waals surface area contributed by atoms with Crippen molar-refractivity contribution in [3.8, 4) is 5.75 Å². The molecule has 0 amide bonds. The van der Waals surface area contributed by atoms with E-state index in [2.05, 4.69) is 15.3 Å². The lowest BCUT2D eigenvalue weighted by Gasteiger charge is -2.16. The van der Waals surface area contributed by atoms with Crippen molar-refractivity contribution in [2.24, 2.45) is 0 Å². The number of aromatic nitrogens is 2. The third kappa shape index (κ3) is 5.77. The van der Waals surface area contributed by atoms with Crippen LogP contribution in [0.15, 0.2) is 79.3 Å². The molecular weight excluding hydrogens is 418 g/mol. The number of H-pyrrole nitrogens is 1. The van der Waals surface area contributed by atoms with Crippen molar-refractivity contribution >= 4 is 16.9 Å². The number of carboxylic acid groups (broad SMARTS) is 1. The molecule has 0 aliphatic carbocycles. The number of carbonyl (C=O) groups is 1. The zero-order valence-electron chi connectivity index (χ0n) is 18.1. The van der Waals surface area contributed by atoms with Gasteiger partial charge in [0.1, 0.15) is 5.75 Å². The van der Waals surface area contributed by atoms with Gasteiger partial charge >= 0.3 is 5.97 Å². The molecule has 0 unspecified atom stereocenters. The summed E-state index contributed by atoms with van der Waals surface area (Å²) in [5.74, 6) is -0.485. The van der Waals surface area contributed by atoms with E-state index in [-0.39, 0.29) is 6.42 Å². The quantitative estimate of drug-likeness (QED) is 0.263. The standard InChI is InChI=1S/C26H27N3O4/c30-22(20-8-5-12-27-15-20)17-28-13-11-19-16-29-25-21(19)9-4-10-23(25)33-24(26(31)32)14-18-6-2-1-3-7-18/h1-10,12,15-16,22,24,28-30H,11,13-14,17H2,(H,31,32)/t22-,24+/m1/s1. The number of rotatable bonds is 11. The van der Waals surface area contributed by atoms with E-state index in [0.29, 0.717) is 18.8 Å². The number of nitrogens with zero attached hydrogens (tertiary/aromatic N) is 1. The van der Waals surface area contributed by atoms with Gasteiger partial charge in [-0.15, -0.1) is 0 Å². The molecule has 0 fully saturated rings. The zero-order chi connectivity index (χ0) is 23.0. The minimum atomic E-state index is -1.00. The van der Waals surface area contributed by atoms with Gasteiger partial charge in [-0.3, -0.25) is 4.98 Å². The number of para-hydroxylation sites is 1. The number of carboxylic acids is 1. The summed E-state index contributed by atoms with van der Waals surface area (Å²) in [6.07, 6.45) is 4.69. The van der Waals surface area contributed by atoms with Crippen LogP contribution in [0.4, 0.5) is 0 Å². The van der Waals surface area contributed by atoms with Crippen LogP contribution in [0.5, 0.6) is 5.75 Å². The van der Waals surface area contributed by atoms with Gasteiger partial charge < -0.3 is 25.3 Å². The number of aliphatic hydroxyl groups excluding tert-OH is 1. The Labute approximate surface area is 192 Å². The maximum absolute atomic E-state index is 11.8. The molecule has 0 saturated heterocycles. The van der Waals surface area contributed by atoms with Gasteiger partial charge in [0.15, 0.2) is 6.10 Å². The first-order chi connectivity index (χ1) is 16.1. The van der Waals surface area contributed by atoms with Crippen LogP contribution >= 0.6 is 0 Å². The predicted molar refractivity (Wildman–Crippen MR) is 126 cm³/mol. The molecule has 4 aromatic rings. The monoisotopic (exact) mass is 445 g/mol. The molecule has 7 nitrogen and oxygen atoms in total. The van der Waals surface area contributed by atoms with Gasteiger partial charge in [0.2, 0.25) is 0 Å². The molecule has 33 heavy (non-hydrogen) atoms. The number of fused-ring (bicyclic) bond motifs is 1. The number of hydrogen-bond donors (Lipinski definition) is 4. The van der Waals surface area contributed by atoms with Crippen molar-refractivity contribution < 1.29 is 19.7 Å². The van der Waals surface area contributed by atoms with Gasteiger partial charge in [-0.05, 0) is 36.2 Å². The average Bonchev–Trinajstić information content (AvgIpc) is 3.26. The van der Waals surface area contributed by atoms with E-state index in [0.717, 1.165) is 34.0 Å². The van der Waals surface area contributed by atoms with Crippen LogP contribution in [0.1, 0.15) is 22.8 Å². The van der Waals surface area contributed by atoms with E-state index >= 15 is 0 Å². The second-order valence-corrected chi connectivity index (χ2v) is 7.88. The molecule has 2 aromatic carbocycles. The third-order valence-electron chi connectivity index (χ3n) is 5.55. The van der Waals surface area contributed by atoms with Crippen molar-refractivity contribution in [2.75, 3.05) is 13.1 Å². The van der Waals surface area contributed by atoms with E-state index in [1.807, 2.05) is 54.7 Å². The highest BCUT2D eigenvalue weighted by molar-refractivity contribution is 5.88. The largest absolute Gasteiger partial charge is 0.478 e. The van der Waals surface area contributed by atoms with Crippen molar-refractivity contribution in [1.82, 2.24) is 15.3 Å². The first kappa shape index (κ1) is 22.5. The summed E-state index contributed by atoms with van der Waals surface area (Å²) in [7, 11) is 0. The Balaban J connectivity index is 1.39. The third-order valence-corrected chi connectivity index (χ3v) is 5.55. The minimum Gasteiger partial charge on any atom is -0.478 e. The van der Waals surface area contributed by atoms with Crippen molar-refractivity contribution in [3.05, 3.63) is 95.9 Å². The molecule has 0 radical (unpaired) electrons. The normalized spacial score (nSPS) is 13.0. The SMILES string of the molecule is O=C(O)[C@H](Cc1ccccc1)Oc1cccc2c(CCNC[C@@H](O)c3cccnc3)c[nH]c12. The topological polar surface area (TPSA) is 107 Å². The Morgan fingerprint density at radius 3 is 2.70 bits per heavy atom. The summed E-state index contributed by atoms with van der Waals surface area (Å²) in [5, 5.41) is 24.2. The zero-order valence-corrected chi connectivity index (χ0v) is 18.1. The van der Waals surface area contributed by atoms with Gasteiger partial charge in [0.05, 0.1) is 11.6 Å². The lowest BCUT2D eigenvalue weighted by atomic mass is 10.1. The molecule has 0 bridgehead atoms. The van der Waals surface area contributed by atoms with Gasteiger partial charge in [-0.1, -0.05) is 48.5 Å². The molecule has 0 spiro atoms. The molecule has 170 valence electrons. The Kier molecular flexibility index (Phi) is 7.34. The van der Waals surface area contributed by atoms with E-state index < -0.39 is 18.2 Å². The summed E-state index contributed by atoms with van der Waals surface area (Å²) < 4.78 is 5.93. The van der Waals surface area contributed by atoms with Gasteiger partial charge in [0.25, 0.3) is 0 Å². The predicted octanol–water partition coefficient (Wildman–Crippen LogP) is 3.50. The van der Waals surface area contributed by atoms with Crippen LogP contribution in [0.2, 0.25) is 0 Å². The van der Waals surface area contributed by atoms with Gasteiger partial charge in [-0.25, -0.2) is 4.79 Å². The van der Waals surface area contributed by atoms with Gasteiger partial charge in [-0.2, -0.15) is 0 Å². The molecule has 7 heteroatoms. The summed E-state index contributed by atoms with van der Waals surface area (Å²) in [6, 6.07) is 18.8. The van der Waals surface area contributed by atoms with E-state index in [9.17, 15) is 15.0 Å². The number of ether oxygens (including phenoxy) is 1. The van der Waals surface area contributed by atoms with Crippen LogP contribution in [-0.2, 0) is 17.6 Å². The summed E-state index contributed by atoms with van der Waals surface area (Å²) in [4.78, 5) is 19.1.